The summed E-state index contributed by atoms with van der Waals surface area (Å²) < 4.78 is 1.28. The first kappa shape index (κ1) is 25.3. The standard InChI is InChI=1S/C38H29I/c1-27-24-28(12-22-36(27)34-18-14-32(15-19-34)30-8-4-2-5-9-30)25-29-13-23-37(38(39)26-29)35-20-16-33(17-21-35)31-10-6-3-7-11-31/h2-24,26H,25H2,1H3. The van der Waals surface area contributed by atoms with Crippen LogP contribution in [0.5, 0.6) is 0 Å². The van der Waals surface area contributed by atoms with E-state index >= 15 is 0 Å². The highest BCUT2D eigenvalue weighted by molar-refractivity contribution is 14.1. The largest absolute Gasteiger partial charge is 0.0622 e. The second kappa shape index (κ2) is 11.4. The lowest BCUT2D eigenvalue weighted by atomic mass is 9.94. The third-order valence-electron chi connectivity index (χ3n) is 7.34. The molecule has 0 aliphatic heterocycles. The number of aryl methyl sites for hydroxylation is 1. The Morgan fingerprint density at radius 3 is 1.31 bits per heavy atom. The minimum absolute atomic E-state index is 0.928. The molecule has 0 bridgehead atoms. The Bertz CT molecular complexity index is 1570. The molecule has 1 heteroatoms. The summed E-state index contributed by atoms with van der Waals surface area (Å²) in [5.74, 6) is 0. The van der Waals surface area contributed by atoms with Crippen molar-refractivity contribution in [3.8, 4) is 44.5 Å². The fourth-order valence-corrected chi connectivity index (χ4v) is 6.13. The minimum Gasteiger partial charge on any atom is -0.0622 e. The van der Waals surface area contributed by atoms with Crippen molar-refractivity contribution in [1.29, 1.82) is 0 Å². The van der Waals surface area contributed by atoms with Crippen LogP contribution in [0, 0.1) is 10.5 Å². The quantitative estimate of drug-likeness (QED) is 0.164. The lowest BCUT2D eigenvalue weighted by Crippen LogP contribution is -1.93. The van der Waals surface area contributed by atoms with Crippen molar-refractivity contribution in [2.45, 2.75) is 13.3 Å². The van der Waals surface area contributed by atoms with Crippen LogP contribution in [0.3, 0.4) is 0 Å². The molecule has 188 valence electrons. The Kier molecular flexibility index (Phi) is 7.42. The van der Waals surface area contributed by atoms with Gasteiger partial charge in [-0.2, -0.15) is 0 Å². The van der Waals surface area contributed by atoms with E-state index in [-0.39, 0.29) is 0 Å². The third-order valence-corrected chi connectivity index (χ3v) is 8.23. The van der Waals surface area contributed by atoms with Gasteiger partial charge >= 0.3 is 0 Å². The summed E-state index contributed by atoms with van der Waals surface area (Å²) in [6.45, 7) is 2.22. The van der Waals surface area contributed by atoms with Crippen LogP contribution in [0.1, 0.15) is 16.7 Å². The van der Waals surface area contributed by atoms with Crippen LogP contribution in [0.2, 0.25) is 0 Å². The molecule has 6 rings (SSSR count). The summed E-state index contributed by atoms with van der Waals surface area (Å²) >= 11 is 2.48. The molecule has 0 nitrogen and oxygen atoms in total. The number of hydrogen-bond donors (Lipinski definition) is 0. The topological polar surface area (TPSA) is 0 Å². The lowest BCUT2D eigenvalue weighted by molar-refractivity contribution is 1.18. The maximum atomic E-state index is 2.48. The Morgan fingerprint density at radius 1 is 0.410 bits per heavy atom. The van der Waals surface area contributed by atoms with Crippen LogP contribution in [0.25, 0.3) is 44.5 Å². The molecular weight excluding hydrogens is 583 g/mol. The van der Waals surface area contributed by atoms with E-state index < -0.39 is 0 Å². The lowest BCUT2D eigenvalue weighted by Gasteiger charge is -2.12. The molecule has 0 atom stereocenters. The number of rotatable bonds is 6. The van der Waals surface area contributed by atoms with Crippen molar-refractivity contribution in [1.82, 2.24) is 0 Å². The fraction of sp³-hybridized carbons (Fsp3) is 0.0526. The molecule has 0 aliphatic rings. The molecule has 6 aromatic rings. The smallest absolute Gasteiger partial charge is 0.0211 e. The van der Waals surface area contributed by atoms with E-state index in [4.69, 9.17) is 0 Å². The fourth-order valence-electron chi connectivity index (χ4n) is 5.24. The highest BCUT2D eigenvalue weighted by Gasteiger charge is 2.08. The normalized spacial score (nSPS) is 10.9. The molecule has 0 aromatic heterocycles. The summed E-state index contributed by atoms with van der Waals surface area (Å²) in [6, 6.07) is 52.6. The maximum absolute atomic E-state index is 2.48. The SMILES string of the molecule is Cc1cc(Cc2ccc(-c3ccc(-c4ccccc4)cc3)c(I)c2)ccc1-c1ccc(-c2ccccc2)cc1. The molecule has 0 N–H and O–H groups in total. The third kappa shape index (κ3) is 5.74. The van der Waals surface area contributed by atoms with E-state index in [9.17, 15) is 0 Å². The van der Waals surface area contributed by atoms with Gasteiger partial charge < -0.3 is 0 Å². The molecule has 0 unspecified atom stereocenters. The van der Waals surface area contributed by atoms with E-state index in [2.05, 4.69) is 175 Å². The Labute approximate surface area is 245 Å². The summed E-state index contributed by atoms with van der Waals surface area (Å²) in [4.78, 5) is 0. The number of halogens is 1. The number of hydrogen-bond acceptors (Lipinski definition) is 0. The molecule has 0 saturated heterocycles. The van der Waals surface area contributed by atoms with Crippen LogP contribution < -0.4 is 0 Å². The van der Waals surface area contributed by atoms with E-state index in [0.717, 1.165) is 6.42 Å². The van der Waals surface area contributed by atoms with Gasteiger partial charge in [0.1, 0.15) is 0 Å². The van der Waals surface area contributed by atoms with E-state index in [1.54, 1.807) is 0 Å². The first-order valence-electron chi connectivity index (χ1n) is 13.3. The summed E-state index contributed by atoms with van der Waals surface area (Å²) in [6.07, 6.45) is 0.928. The Balaban J connectivity index is 1.17. The molecule has 0 radical (unpaired) electrons. The Morgan fingerprint density at radius 2 is 0.821 bits per heavy atom. The van der Waals surface area contributed by atoms with Gasteiger partial charge in [-0.15, -0.1) is 0 Å². The second-order valence-electron chi connectivity index (χ2n) is 10.0. The van der Waals surface area contributed by atoms with Gasteiger partial charge in [0.15, 0.2) is 0 Å². The molecule has 0 spiro atoms. The average Bonchev–Trinajstić information content (AvgIpc) is 2.99. The van der Waals surface area contributed by atoms with E-state index in [1.807, 2.05) is 0 Å². The van der Waals surface area contributed by atoms with Crippen molar-refractivity contribution < 1.29 is 0 Å². The van der Waals surface area contributed by atoms with Crippen LogP contribution in [0.4, 0.5) is 0 Å². The minimum atomic E-state index is 0.928. The number of benzene rings is 6. The molecule has 0 heterocycles. The van der Waals surface area contributed by atoms with Crippen LogP contribution >= 0.6 is 22.6 Å². The highest BCUT2D eigenvalue weighted by Crippen LogP contribution is 2.31. The van der Waals surface area contributed by atoms with Crippen LogP contribution in [0.15, 0.2) is 146 Å². The molecule has 39 heavy (non-hydrogen) atoms. The van der Waals surface area contributed by atoms with E-state index in [1.165, 1.54) is 64.8 Å². The maximum Gasteiger partial charge on any atom is 0.0211 e. The van der Waals surface area contributed by atoms with Gasteiger partial charge in [0.25, 0.3) is 0 Å². The van der Waals surface area contributed by atoms with Crippen molar-refractivity contribution in [2.75, 3.05) is 0 Å². The summed E-state index contributed by atoms with van der Waals surface area (Å²) in [5.41, 5.74) is 14.1. The molecule has 0 amide bonds. The Hall–Kier alpha value is -3.95. The van der Waals surface area contributed by atoms with Crippen molar-refractivity contribution in [3.05, 3.63) is 166 Å². The van der Waals surface area contributed by atoms with Crippen LogP contribution in [-0.2, 0) is 6.42 Å². The highest BCUT2D eigenvalue weighted by atomic mass is 127. The van der Waals surface area contributed by atoms with Crippen molar-refractivity contribution in [3.63, 3.8) is 0 Å². The van der Waals surface area contributed by atoms with Gasteiger partial charge in [0, 0.05) is 3.57 Å². The molecule has 6 aromatic carbocycles. The zero-order valence-corrected chi connectivity index (χ0v) is 24.1. The molecule has 0 fully saturated rings. The predicted octanol–water partition coefficient (Wildman–Crippen LogP) is 10.9. The van der Waals surface area contributed by atoms with Gasteiger partial charge in [-0.1, -0.05) is 140 Å². The summed E-state index contributed by atoms with van der Waals surface area (Å²) in [7, 11) is 0. The van der Waals surface area contributed by atoms with E-state index in [0.29, 0.717) is 0 Å². The molecule has 0 aliphatic carbocycles. The summed E-state index contributed by atoms with van der Waals surface area (Å²) in [5, 5.41) is 0. The second-order valence-corrected chi connectivity index (χ2v) is 11.2. The van der Waals surface area contributed by atoms with Gasteiger partial charge in [-0.25, -0.2) is 0 Å². The average molecular weight is 613 g/mol. The molecular formula is C38H29I. The predicted molar refractivity (Wildman–Crippen MR) is 175 cm³/mol. The van der Waals surface area contributed by atoms with Gasteiger partial charge in [-0.05, 0) is 103 Å². The van der Waals surface area contributed by atoms with Crippen LogP contribution in [-0.4, -0.2) is 0 Å². The molecule has 0 saturated carbocycles. The van der Waals surface area contributed by atoms with Crippen molar-refractivity contribution in [2.24, 2.45) is 0 Å². The first-order chi connectivity index (χ1) is 19.1. The zero-order valence-electron chi connectivity index (χ0n) is 21.9. The monoisotopic (exact) mass is 612 g/mol. The van der Waals surface area contributed by atoms with Crippen molar-refractivity contribution >= 4 is 22.6 Å². The van der Waals surface area contributed by atoms with Gasteiger partial charge in [-0.3, -0.25) is 0 Å². The van der Waals surface area contributed by atoms with Gasteiger partial charge in [0.2, 0.25) is 0 Å². The first-order valence-corrected chi connectivity index (χ1v) is 14.4. The zero-order chi connectivity index (χ0) is 26.6. The van der Waals surface area contributed by atoms with Gasteiger partial charge in [0.05, 0.1) is 0 Å².